The van der Waals surface area contributed by atoms with Crippen LogP contribution in [0.3, 0.4) is 0 Å². The van der Waals surface area contributed by atoms with Gasteiger partial charge in [0.15, 0.2) is 0 Å². The molecule has 0 spiro atoms. The van der Waals surface area contributed by atoms with E-state index in [0.29, 0.717) is 26.1 Å². The normalized spacial score (nSPS) is 16.8. The zero-order valence-electron chi connectivity index (χ0n) is 15.2. The molecule has 6 heteroatoms. The largest absolute Gasteiger partial charge is 0.496 e. The van der Waals surface area contributed by atoms with Crippen LogP contribution in [-0.2, 0) is 22.6 Å². The Morgan fingerprint density at radius 3 is 2.85 bits per heavy atom. The first-order chi connectivity index (χ1) is 12.6. The number of carbonyl (C=O) groups is 2. The standard InChI is InChI=1S/C20H24N2O4/c1-14-7-8-17(26-14)9-10-21-20(24)16-11-19(23)22(13-16)12-15-5-3-4-6-18(15)25-2/h3-8,16H,9-13H2,1-2H3,(H,21,24). The van der Waals surface area contributed by atoms with Crippen LogP contribution in [-0.4, -0.2) is 36.9 Å². The Kier molecular flexibility index (Phi) is 5.61. The molecule has 1 saturated heterocycles. The number of carbonyl (C=O) groups excluding carboxylic acids is 2. The third-order valence-electron chi connectivity index (χ3n) is 4.61. The van der Waals surface area contributed by atoms with Crippen molar-refractivity contribution in [3.63, 3.8) is 0 Å². The van der Waals surface area contributed by atoms with Gasteiger partial charge in [0.05, 0.1) is 13.0 Å². The van der Waals surface area contributed by atoms with Gasteiger partial charge >= 0.3 is 0 Å². The number of ether oxygens (including phenoxy) is 1. The molecule has 1 aromatic carbocycles. The summed E-state index contributed by atoms with van der Waals surface area (Å²) in [5.74, 6) is 2.07. The number of likely N-dealkylation sites (tertiary alicyclic amines) is 1. The van der Waals surface area contributed by atoms with Gasteiger partial charge in [0.1, 0.15) is 17.3 Å². The van der Waals surface area contributed by atoms with E-state index in [4.69, 9.17) is 9.15 Å². The zero-order chi connectivity index (χ0) is 18.5. The van der Waals surface area contributed by atoms with Crippen molar-refractivity contribution in [3.05, 3.63) is 53.5 Å². The van der Waals surface area contributed by atoms with Gasteiger partial charge in [0.2, 0.25) is 11.8 Å². The van der Waals surface area contributed by atoms with E-state index in [1.807, 2.05) is 43.3 Å². The van der Waals surface area contributed by atoms with Crippen LogP contribution in [0.2, 0.25) is 0 Å². The molecule has 3 rings (SSSR count). The lowest BCUT2D eigenvalue weighted by atomic mass is 10.1. The average Bonchev–Trinajstić information content (AvgIpc) is 3.21. The molecule has 1 aliphatic heterocycles. The number of rotatable bonds is 7. The number of hydrogen-bond acceptors (Lipinski definition) is 4. The van der Waals surface area contributed by atoms with Gasteiger partial charge in [-0.1, -0.05) is 18.2 Å². The molecule has 0 aliphatic carbocycles. The third kappa shape index (κ3) is 4.25. The van der Waals surface area contributed by atoms with E-state index in [9.17, 15) is 9.59 Å². The van der Waals surface area contributed by atoms with E-state index in [1.165, 1.54) is 0 Å². The summed E-state index contributed by atoms with van der Waals surface area (Å²) in [5, 5.41) is 2.91. The van der Waals surface area contributed by atoms with Crippen LogP contribution in [0.15, 0.2) is 40.8 Å². The number of hydrogen-bond donors (Lipinski definition) is 1. The Morgan fingerprint density at radius 1 is 1.31 bits per heavy atom. The van der Waals surface area contributed by atoms with E-state index in [-0.39, 0.29) is 24.2 Å². The van der Waals surface area contributed by atoms with Gasteiger partial charge in [-0.2, -0.15) is 0 Å². The molecular weight excluding hydrogens is 332 g/mol. The minimum Gasteiger partial charge on any atom is -0.496 e. The number of nitrogens with zero attached hydrogens (tertiary/aromatic N) is 1. The molecule has 138 valence electrons. The van der Waals surface area contributed by atoms with Gasteiger partial charge in [-0.25, -0.2) is 0 Å². The Bertz CT molecular complexity index is 784. The predicted molar refractivity (Wildman–Crippen MR) is 96.7 cm³/mol. The zero-order valence-corrected chi connectivity index (χ0v) is 15.2. The monoisotopic (exact) mass is 356 g/mol. The van der Waals surface area contributed by atoms with Gasteiger partial charge in [0, 0.05) is 38.0 Å². The molecule has 0 radical (unpaired) electrons. The second-order valence-electron chi connectivity index (χ2n) is 6.54. The highest BCUT2D eigenvalue weighted by atomic mass is 16.5. The first kappa shape index (κ1) is 18.0. The Morgan fingerprint density at radius 2 is 2.12 bits per heavy atom. The molecule has 0 bridgehead atoms. The smallest absolute Gasteiger partial charge is 0.225 e. The van der Waals surface area contributed by atoms with Crippen LogP contribution in [0.1, 0.15) is 23.5 Å². The summed E-state index contributed by atoms with van der Waals surface area (Å²) in [6.45, 7) is 3.28. The summed E-state index contributed by atoms with van der Waals surface area (Å²) in [5.41, 5.74) is 0.942. The fraction of sp³-hybridized carbons (Fsp3) is 0.400. The number of furan rings is 1. The van der Waals surface area contributed by atoms with Crippen molar-refractivity contribution in [2.45, 2.75) is 26.3 Å². The van der Waals surface area contributed by atoms with Crippen molar-refractivity contribution in [2.75, 3.05) is 20.2 Å². The lowest BCUT2D eigenvalue weighted by molar-refractivity contribution is -0.129. The molecule has 1 N–H and O–H groups in total. The highest BCUT2D eigenvalue weighted by Gasteiger charge is 2.34. The lowest BCUT2D eigenvalue weighted by Crippen LogP contribution is -2.34. The lowest BCUT2D eigenvalue weighted by Gasteiger charge is -2.18. The maximum atomic E-state index is 12.4. The quantitative estimate of drug-likeness (QED) is 0.826. The molecule has 1 unspecified atom stereocenters. The van der Waals surface area contributed by atoms with E-state index in [2.05, 4.69) is 5.32 Å². The van der Waals surface area contributed by atoms with Gasteiger partial charge in [-0.05, 0) is 25.1 Å². The number of benzene rings is 1. The van der Waals surface area contributed by atoms with Crippen LogP contribution < -0.4 is 10.1 Å². The fourth-order valence-electron chi connectivity index (χ4n) is 3.21. The molecule has 1 atom stereocenters. The SMILES string of the molecule is COc1ccccc1CN1CC(C(=O)NCCc2ccc(C)o2)CC1=O. The molecule has 0 saturated carbocycles. The average molecular weight is 356 g/mol. The molecule has 2 aromatic rings. The molecule has 2 heterocycles. The Labute approximate surface area is 153 Å². The summed E-state index contributed by atoms with van der Waals surface area (Å²) in [7, 11) is 1.61. The second-order valence-corrected chi connectivity index (χ2v) is 6.54. The van der Waals surface area contributed by atoms with Crippen molar-refractivity contribution in [1.82, 2.24) is 10.2 Å². The molecule has 6 nitrogen and oxygen atoms in total. The first-order valence-corrected chi connectivity index (χ1v) is 8.79. The minimum absolute atomic E-state index is 0.00212. The maximum Gasteiger partial charge on any atom is 0.225 e. The topological polar surface area (TPSA) is 71.8 Å². The molecule has 1 aromatic heterocycles. The molecule has 2 amide bonds. The van der Waals surface area contributed by atoms with E-state index >= 15 is 0 Å². The molecular formula is C20H24N2O4. The highest BCUT2D eigenvalue weighted by Crippen LogP contribution is 2.24. The second kappa shape index (κ2) is 8.08. The predicted octanol–water partition coefficient (Wildman–Crippen LogP) is 2.30. The Hall–Kier alpha value is -2.76. The first-order valence-electron chi connectivity index (χ1n) is 8.79. The van der Waals surface area contributed by atoms with Crippen molar-refractivity contribution in [3.8, 4) is 5.75 Å². The summed E-state index contributed by atoms with van der Waals surface area (Å²) in [4.78, 5) is 26.4. The van der Waals surface area contributed by atoms with Gasteiger partial charge in [-0.15, -0.1) is 0 Å². The van der Waals surface area contributed by atoms with E-state index in [1.54, 1.807) is 12.0 Å². The molecule has 26 heavy (non-hydrogen) atoms. The van der Waals surface area contributed by atoms with Crippen LogP contribution in [0, 0.1) is 12.8 Å². The fourth-order valence-corrected chi connectivity index (χ4v) is 3.21. The van der Waals surface area contributed by atoms with Gasteiger partial charge in [-0.3, -0.25) is 9.59 Å². The number of aryl methyl sites for hydroxylation is 1. The van der Waals surface area contributed by atoms with Crippen molar-refractivity contribution in [1.29, 1.82) is 0 Å². The highest BCUT2D eigenvalue weighted by molar-refractivity contribution is 5.89. The maximum absolute atomic E-state index is 12.4. The Balaban J connectivity index is 1.51. The number of amides is 2. The molecule has 1 fully saturated rings. The van der Waals surface area contributed by atoms with Crippen molar-refractivity contribution >= 4 is 11.8 Å². The van der Waals surface area contributed by atoms with E-state index < -0.39 is 0 Å². The minimum atomic E-state index is -0.310. The summed E-state index contributed by atoms with van der Waals surface area (Å²) >= 11 is 0. The number of para-hydroxylation sites is 1. The van der Waals surface area contributed by atoms with Gasteiger partial charge in [0.25, 0.3) is 0 Å². The summed E-state index contributed by atoms with van der Waals surface area (Å²) < 4.78 is 10.8. The summed E-state index contributed by atoms with van der Waals surface area (Å²) in [6.07, 6.45) is 0.895. The van der Waals surface area contributed by atoms with Crippen LogP contribution in [0.25, 0.3) is 0 Å². The number of nitrogens with one attached hydrogen (secondary N) is 1. The third-order valence-corrected chi connectivity index (χ3v) is 4.61. The van der Waals surface area contributed by atoms with Crippen molar-refractivity contribution < 1.29 is 18.7 Å². The van der Waals surface area contributed by atoms with E-state index in [0.717, 1.165) is 22.8 Å². The van der Waals surface area contributed by atoms with Crippen LogP contribution in [0.5, 0.6) is 5.75 Å². The van der Waals surface area contributed by atoms with Crippen molar-refractivity contribution in [2.24, 2.45) is 5.92 Å². The summed E-state index contributed by atoms with van der Waals surface area (Å²) in [6, 6.07) is 11.4. The van der Waals surface area contributed by atoms with Gasteiger partial charge < -0.3 is 19.4 Å². The van der Waals surface area contributed by atoms with Crippen LogP contribution >= 0.6 is 0 Å². The van der Waals surface area contributed by atoms with Crippen LogP contribution in [0.4, 0.5) is 0 Å². The molecule has 1 aliphatic rings. The number of methoxy groups -OCH3 is 1.